The molecule has 1 fully saturated rings. The summed E-state index contributed by atoms with van der Waals surface area (Å²) in [7, 11) is 0. The van der Waals surface area contributed by atoms with Crippen LogP contribution in [0.4, 0.5) is 0 Å². The molecule has 84 valence electrons. The Bertz CT molecular complexity index is 500. The van der Waals surface area contributed by atoms with Crippen LogP contribution >= 0.6 is 15.9 Å². The van der Waals surface area contributed by atoms with Crippen LogP contribution in [-0.2, 0) is 0 Å². The number of fused-ring (bicyclic) bond motifs is 1. The third kappa shape index (κ3) is 1.66. The molecule has 0 saturated carbocycles. The van der Waals surface area contributed by atoms with Crippen LogP contribution < -0.4 is 5.32 Å². The zero-order chi connectivity index (χ0) is 11.0. The highest BCUT2D eigenvalue weighted by atomic mass is 79.9. The summed E-state index contributed by atoms with van der Waals surface area (Å²) in [5.41, 5.74) is 1.16. The number of hydrogen-bond acceptors (Lipinski definition) is 2. The Kier molecular flexibility index (Phi) is 2.69. The molecule has 3 nitrogen and oxygen atoms in total. The molecule has 0 amide bonds. The normalized spacial score (nSPS) is 21.4. The third-order valence-electron chi connectivity index (χ3n) is 3.19. The monoisotopic (exact) mass is 279 g/mol. The summed E-state index contributed by atoms with van der Waals surface area (Å²) in [6.07, 6.45) is 4.56. The van der Waals surface area contributed by atoms with E-state index < -0.39 is 0 Å². The van der Waals surface area contributed by atoms with Crippen molar-refractivity contribution in [2.45, 2.75) is 18.8 Å². The number of nitrogens with zero attached hydrogens (tertiary/aromatic N) is 2. The molecule has 16 heavy (non-hydrogen) atoms. The fourth-order valence-corrected chi connectivity index (χ4v) is 2.89. The average Bonchev–Trinajstić information content (AvgIpc) is 2.69. The van der Waals surface area contributed by atoms with Gasteiger partial charge in [-0.1, -0.05) is 6.07 Å². The fourth-order valence-electron chi connectivity index (χ4n) is 2.38. The van der Waals surface area contributed by atoms with Gasteiger partial charge in [0.05, 0.1) is 5.52 Å². The summed E-state index contributed by atoms with van der Waals surface area (Å²) in [4.78, 5) is 4.65. The second kappa shape index (κ2) is 4.18. The van der Waals surface area contributed by atoms with Crippen LogP contribution in [0.2, 0.25) is 0 Å². The lowest BCUT2D eigenvalue weighted by molar-refractivity contribution is 0.445. The van der Waals surface area contributed by atoms with Gasteiger partial charge in [-0.2, -0.15) is 0 Å². The smallest absolute Gasteiger partial charge is 0.132 e. The lowest BCUT2D eigenvalue weighted by atomic mass is 9.99. The molecule has 2 aromatic rings. The first-order valence-corrected chi connectivity index (χ1v) is 6.49. The van der Waals surface area contributed by atoms with Gasteiger partial charge in [-0.25, -0.2) is 4.98 Å². The molecule has 0 bridgehead atoms. The maximum Gasteiger partial charge on any atom is 0.132 e. The first kappa shape index (κ1) is 10.3. The maximum absolute atomic E-state index is 4.65. The van der Waals surface area contributed by atoms with E-state index in [1.54, 1.807) is 0 Å². The van der Waals surface area contributed by atoms with Gasteiger partial charge in [0.15, 0.2) is 0 Å². The number of hydrogen-bond donors (Lipinski definition) is 1. The van der Waals surface area contributed by atoms with Gasteiger partial charge < -0.3 is 9.72 Å². The molecular weight excluding hydrogens is 266 g/mol. The minimum atomic E-state index is 0.537. The van der Waals surface area contributed by atoms with Gasteiger partial charge in [0.2, 0.25) is 0 Å². The molecule has 0 aromatic carbocycles. The average molecular weight is 280 g/mol. The molecule has 0 radical (unpaired) electrons. The Morgan fingerprint density at radius 1 is 1.44 bits per heavy atom. The zero-order valence-electron chi connectivity index (χ0n) is 8.99. The number of piperidine rings is 1. The summed E-state index contributed by atoms with van der Waals surface area (Å²) >= 11 is 3.53. The van der Waals surface area contributed by atoms with Crippen LogP contribution in [0.5, 0.6) is 0 Å². The molecule has 1 saturated heterocycles. The first-order chi connectivity index (χ1) is 7.86. The Balaban J connectivity index is 2.08. The number of rotatable bonds is 1. The molecule has 1 unspecified atom stereocenters. The predicted octanol–water partition coefficient (Wildman–Crippen LogP) is 2.56. The van der Waals surface area contributed by atoms with Crippen molar-refractivity contribution in [2.75, 3.05) is 13.1 Å². The van der Waals surface area contributed by atoms with Crippen molar-refractivity contribution in [1.29, 1.82) is 0 Å². The number of pyridine rings is 1. The Labute approximate surface area is 103 Å². The van der Waals surface area contributed by atoms with Crippen molar-refractivity contribution in [3.05, 3.63) is 34.8 Å². The van der Waals surface area contributed by atoms with E-state index >= 15 is 0 Å². The number of imidazole rings is 1. The minimum Gasteiger partial charge on any atom is -0.316 e. The van der Waals surface area contributed by atoms with Crippen molar-refractivity contribution in [3.63, 3.8) is 0 Å². The van der Waals surface area contributed by atoms with E-state index in [1.807, 2.05) is 6.07 Å². The largest absolute Gasteiger partial charge is 0.316 e. The molecular formula is C12H14BrN3. The lowest BCUT2D eigenvalue weighted by Gasteiger charge is -2.21. The highest BCUT2D eigenvalue weighted by Crippen LogP contribution is 2.27. The van der Waals surface area contributed by atoms with Crippen LogP contribution in [0.3, 0.4) is 0 Å². The summed E-state index contributed by atoms with van der Waals surface area (Å²) in [6, 6.07) is 6.20. The van der Waals surface area contributed by atoms with E-state index in [4.69, 9.17) is 0 Å². The highest BCUT2D eigenvalue weighted by Gasteiger charge is 2.20. The van der Waals surface area contributed by atoms with Crippen LogP contribution in [0.15, 0.2) is 29.0 Å². The maximum atomic E-state index is 4.65. The van der Waals surface area contributed by atoms with Crippen molar-refractivity contribution in [1.82, 2.24) is 14.7 Å². The quantitative estimate of drug-likeness (QED) is 0.870. The van der Waals surface area contributed by atoms with E-state index in [9.17, 15) is 0 Å². The molecule has 1 N–H and O–H groups in total. The van der Waals surface area contributed by atoms with Crippen molar-refractivity contribution in [3.8, 4) is 0 Å². The van der Waals surface area contributed by atoms with Crippen LogP contribution in [-0.4, -0.2) is 22.5 Å². The van der Waals surface area contributed by atoms with Crippen LogP contribution in [0.25, 0.3) is 5.52 Å². The Morgan fingerprint density at radius 2 is 2.38 bits per heavy atom. The van der Waals surface area contributed by atoms with Crippen LogP contribution in [0.1, 0.15) is 24.6 Å². The highest BCUT2D eigenvalue weighted by molar-refractivity contribution is 9.10. The van der Waals surface area contributed by atoms with Gasteiger partial charge >= 0.3 is 0 Å². The fraction of sp³-hybridized carbons (Fsp3) is 0.417. The van der Waals surface area contributed by atoms with Crippen molar-refractivity contribution < 1.29 is 0 Å². The van der Waals surface area contributed by atoms with Crippen molar-refractivity contribution >= 4 is 21.4 Å². The minimum absolute atomic E-state index is 0.537. The summed E-state index contributed by atoms with van der Waals surface area (Å²) < 4.78 is 3.15. The summed E-state index contributed by atoms with van der Waals surface area (Å²) in [5.74, 6) is 1.71. The topological polar surface area (TPSA) is 29.3 Å². The number of nitrogens with one attached hydrogen (secondary N) is 1. The summed E-state index contributed by atoms with van der Waals surface area (Å²) in [5, 5.41) is 3.44. The molecule has 2 aromatic heterocycles. The lowest BCUT2D eigenvalue weighted by Crippen LogP contribution is -2.29. The predicted molar refractivity (Wildman–Crippen MR) is 67.7 cm³/mol. The molecule has 1 aliphatic heterocycles. The second-order valence-electron chi connectivity index (χ2n) is 4.26. The van der Waals surface area contributed by atoms with E-state index in [1.165, 1.54) is 18.7 Å². The van der Waals surface area contributed by atoms with Gasteiger partial charge in [0.1, 0.15) is 10.4 Å². The molecule has 3 heterocycles. The molecule has 4 heteroatoms. The van der Waals surface area contributed by atoms with E-state index in [2.05, 4.69) is 49.0 Å². The second-order valence-corrected chi connectivity index (χ2v) is 5.01. The molecule has 1 atom stereocenters. The van der Waals surface area contributed by atoms with Crippen molar-refractivity contribution in [2.24, 2.45) is 0 Å². The SMILES string of the molecule is Brc1nc(C2CCCNC2)n2ccccc12. The van der Waals surface area contributed by atoms with Gasteiger partial charge in [-0.05, 0) is 47.4 Å². The van der Waals surface area contributed by atoms with Gasteiger partial charge in [0, 0.05) is 18.7 Å². The molecule has 0 aliphatic carbocycles. The van der Waals surface area contributed by atoms with Gasteiger partial charge in [-0.15, -0.1) is 0 Å². The first-order valence-electron chi connectivity index (χ1n) is 5.69. The molecule has 3 rings (SSSR count). The third-order valence-corrected chi connectivity index (χ3v) is 3.78. The number of aromatic nitrogens is 2. The van der Waals surface area contributed by atoms with Gasteiger partial charge in [0.25, 0.3) is 0 Å². The molecule has 1 aliphatic rings. The molecule has 0 spiro atoms. The Hall–Kier alpha value is -0.870. The Morgan fingerprint density at radius 3 is 3.19 bits per heavy atom. The van der Waals surface area contributed by atoms with Crippen LogP contribution in [0, 0.1) is 0 Å². The zero-order valence-corrected chi connectivity index (χ0v) is 10.6. The van der Waals surface area contributed by atoms with E-state index in [0.29, 0.717) is 5.92 Å². The van der Waals surface area contributed by atoms with Gasteiger partial charge in [-0.3, -0.25) is 0 Å². The standard InChI is InChI=1S/C12H14BrN3/c13-11-10-5-1-2-7-16(10)12(15-11)9-4-3-6-14-8-9/h1-2,5,7,9,14H,3-4,6,8H2. The van der Waals surface area contributed by atoms with E-state index in [0.717, 1.165) is 23.2 Å². The summed E-state index contributed by atoms with van der Waals surface area (Å²) in [6.45, 7) is 2.18. The number of halogens is 1. The van der Waals surface area contributed by atoms with E-state index in [-0.39, 0.29) is 0 Å².